The van der Waals surface area contributed by atoms with Crippen LogP contribution in [-0.2, 0) is 23.9 Å². The standard InChI is InChI=1S/C24H30N2O6/c1-2-3-4-9-21(28)25-17-12-10-16(11-13-17)20(27)15-32-22(29)14-26-23(30)18-7-5-6-8-19(18)24(26)31/h10-13,18-19H,2-9,14-15H2,1H3,(H,25,28). The maximum absolute atomic E-state index is 12.4. The Morgan fingerprint density at radius 2 is 1.62 bits per heavy atom. The van der Waals surface area contributed by atoms with Crippen molar-refractivity contribution in [3.05, 3.63) is 29.8 Å². The van der Waals surface area contributed by atoms with Gasteiger partial charge in [-0.3, -0.25) is 28.9 Å². The van der Waals surface area contributed by atoms with Gasteiger partial charge in [-0.05, 0) is 43.5 Å². The molecule has 1 N–H and O–H groups in total. The summed E-state index contributed by atoms with van der Waals surface area (Å²) in [5.74, 6) is -2.53. The van der Waals surface area contributed by atoms with Crippen molar-refractivity contribution >= 4 is 35.2 Å². The van der Waals surface area contributed by atoms with E-state index in [0.717, 1.165) is 37.0 Å². The molecule has 0 radical (unpaired) electrons. The van der Waals surface area contributed by atoms with E-state index in [-0.39, 0.29) is 29.6 Å². The summed E-state index contributed by atoms with van der Waals surface area (Å²) in [6, 6.07) is 6.35. The van der Waals surface area contributed by atoms with Gasteiger partial charge in [0.05, 0.1) is 11.8 Å². The second-order valence-electron chi connectivity index (χ2n) is 8.43. The highest BCUT2D eigenvalue weighted by Gasteiger charge is 2.48. The molecule has 0 aromatic heterocycles. The maximum Gasteiger partial charge on any atom is 0.326 e. The molecule has 1 aromatic rings. The first-order valence-corrected chi connectivity index (χ1v) is 11.3. The van der Waals surface area contributed by atoms with Gasteiger partial charge in [-0.1, -0.05) is 32.6 Å². The molecule has 1 aromatic carbocycles. The number of hydrogen-bond acceptors (Lipinski definition) is 6. The lowest BCUT2D eigenvalue weighted by Crippen LogP contribution is -2.37. The minimum Gasteiger partial charge on any atom is -0.456 e. The van der Waals surface area contributed by atoms with Crippen molar-refractivity contribution in [1.82, 2.24) is 4.90 Å². The number of rotatable bonds is 10. The van der Waals surface area contributed by atoms with Crippen molar-refractivity contribution in [3.63, 3.8) is 0 Å². The summed E-state index contributed by atoms with van der Waals surface area (Å²) in [4.78, 5) is 62.2. The fraction of sp³-hybridized carbons (Fsp3) is 0.542. The summed E-state index contributed by atoms with van der Waals surface area (Å²) < 4.78 is 5.02. The molecule has 2 aliphatic rings. The number of esters is 1. The van der Waals surface area contributed by atoms with Gasteiger partial charge in [0.15, 0.2) is 12.4 Å². The molecule has 8 nitrogen and oxygen atoms in total. The number of nitrogens with zero attached hydrogens (tertiary/aromatic N) is 1. The average molecular weight is 443 g/mol. The number of carbonyl (C=O) groups excluding carboxylic acids is 5. The van der Waals surface area contributed by atoms with E-state index in [2.05, 4.69) is 12.2 Å². The zero-order chi connectivity index (χ0) is 23.1. The van der Waals surface area contributed by atoms with Crippen molar-refractivity contribution in [2.45, 2.75) is 58.3 Å². The highest BCUT2D eigenvalue weighted by atomic mass is 16.5. The molecule has 1 aliphatic heterocycles. The fourth-order valence-corrected chi connectivity index (χ4v) is 4.29. The number of carbonyl (C=O) groups is 5. The number of fused-ring (bicyclic) bond motifs is 1. The topological polar surface area (TPSA) is 110 Å². The molecular weight excluding hydrogens is 412 g/mol. The zero-order valence-electron chi connectivity index (χ0n) is 18.4. The molecule has 3 rings (SSSR count). The molecule has 172 valence electrons. The molecule has 2 fully saturated rings. The number of amides is 3. The van der Waals surface area contributed by atoms with Crippen LogP contribution in [0.2, 0.25) is 0 Å². The van der Waals surface area contributed by atoms with Crippen molar-refractivity contribution in [1.29, 1.82) is 0 Å². The minimum atomic E-state index is -0.783. The number of unbranched alkanes of at least 4 members (excludes halogenated alkanes) is 2. The van der Waals surface area contributed by atoms with Gasteiger partial charge in [0.2, 0.25) is 17.7 Å². The highest BCUT2D eigenvalue weighted by Crippen LogP contribution is 2.37. The highest BCUT2D eigenvalue weighted by molar-refractivity contribution is 6.07. The quantitative estimate of drug-likeness (QED) is 0.258. The number of anilines is 1. The SMILES string of the molecule is CCCCCC(=O)Nc1ccc(C(=O)COC(=O)CN2C(=O)C3CCCCC3C2=O)cc1. The molecule has 3 amide bonds. The molecule has 1 saturated carbocycles. The monoisotopic (exact) mass is 442 g/mol. The fourth-order valence-electron chi connectivity index (χ4n) is 4.29. The Hall–Kier alpha value is -3.03. The van der Waals surface area contributed by atoms with Gasteiger partial charge < -0.3 is 10.1 Å². The van der Waals surface area contributed by atoms with Crippen LogP contribution in [0.15, 0.2) is 24.3 Å². The molecule has 2 unspecified atom stereocenters. The first-order valence-electron chi connectivity index (χ1n) is 11.3. The number of nitrogens with one attached hydrogen (secondary N) is 1. The summed E-state index contributed by atoms with van der Waals surface area (Å²) in [6.07, 6.45) is 6.50. The number of Topliss-reactive ketones (excluding diaryl/α,β-unsaturated/α-hetero) is 1. The molecule has 8 heteroatoms. The molecule has 1 saturated heterocycles. The van der Waals surface area contributed by atoms with Crippen LogP contribution >= 0.6 is 0 Å². The first kappa shape index (κ1) is 23.6. The summed E-state index contributed by atoms with van der Waals surface area (Å²) in [6.45, 7) is 1.13. The number of likely N-dealkylation sites (tertiary alicyclic amines) is 1. The van der Waals surface area contributed by atoms with Crippen LogP contribution in [0, 0.1) is 11.8 Å². The molecule has 0 bridgehead atoms. The summed E-state index contributed by atoms with van der Waals surface area (Å²) >= 11 is 0. The Kier molecular flexibility index (Phi) is 8.14. The largest absolute Gasteiger partial charge is 0.456 e. The van der Waals surface area contributed by atoms with Crippen molar-refractivity contribution in [3.8, 4) is 0 Å². The Morgan fingerprint density at radius 1 is 1.00 bits per heavy atom. The lowest BCUT2D eigenvalue weighted by molar-refractivity contribution is -0.152. The van der Waals surface area contributed by atoms with Crippen LogP contribution in [0.4, 0.5) is 5.69 Å². The summed E-state index contributed by atoms with van der Waals surface area (Å²) in [5.41, 5.74) is 0.925. The van der Waals surface area contributed by atoms with Gasteiger partial charge >= 0.3 is 5.97 Å². The molecule has 32 heavy (non-hydrogen) atoms. The van der Waals surface area contributed by atoms with Crippen LogP contribution in [-0.4, -0.2) is 47.5 Å². The van der Waals surface area contributed by atoms with Gasteiger partial charge in [-0.25, -0.2) is 0 Å². The van der Waals surface area contributed by atoms with Crippen LogP contribution in [0.5, 0.6) is 0 Å². The van der Waals surface area contributed by atoms with E-state index in [1.807, 2.05) is 0 Å². The predicted molar refractivity (Wildman–Crippen MR) is 117 cm³/mol. The summed E-state index contributed by atoms with van der Waals surface area (Å²) in [5, 5.41) is 2.78. The van der Waals surface area contributed by atoms with Crippen LogP contribution in [0.1, 0.15) is 68.6 Å². The zero-order valence-corrected chi connectivity index (χ0v) is 18.4. The van der Waals surface area contributed by atoms with Gasteiger partial charge in [0.25, 0.3) is 0 Å². The number of ketones is 1. The van der Waals surface area contributed by atoms with Crippen molar-refractivity contribution < 1.29 is 28.7 Å². The third-order valence-corrected chi connectivity index (χ3v) is 6.08. The molecule has 0 spiro atoms. The van der Waals surface area contributed by atoms with Crippen LogP contribution in [0.3, 0.4) is 0 Å². The van der Waals surface area contributed by atoms with Crippen LogP contribution in [0.25, 0.3) is 0 Å². The lowest BCUT2D eigenvalue weighted by atomic mass is 9.81. The van der Waals surface area contributed by atoms with E-state index in [1.165, 1.54) is 0 Å². The van der Waals surface area contributed by atoms with Crippen LogP contribution < -0.4 is 5.32 Å². The Balaban J connectivity index is 1.45. The number of imide groups is 1. The number of benzene rings is 1. The minimum absolute atomic E-state index is 0.0719. The second-order valence-corrected chi connectivity index (χ2v) is 8.43. The third kappa shape index (κ3) is 5.81. The number of hydrogen-bond donors (Lipinski definition) is 1. The second kappa shape index (κ2) is 11.0. The van der Waals surface area contributed by atoms with Crippen molar-refractivity contribution in [2.75, 3.05) is 18.5 Å². The van der Waals surface area contributed by atoms with Gasteiger partial charge in [0, 0.05) is 17.7 Å². The van der Waals surface area contributed by atoms with E-state index in [4.69, 9.17) is 4.74 Å². The smallest absolute Gasteiger partial charge is 0.326 e. The third-order valence-electron chi connectivity index (χ3n) is 6.08. The normalized spacial score (nSPS) is 20.1. The lowest BCUT2D eigenvalue weighted by Gasteiger charge is -2.19. The average Bonchev–Trinajstić information content (AvgIpc) is 3.03. The van der Waals surface area contributed by atoms with Gasteiger partial charge in [-0.15, -0.1) is 0 Å². The van der Waals surface area contributed by atoms with E-state index in [9.17, 15) is 24.0 Å². The first-order chi connectivity index (χ1) is 15.4. The summed E-state index contributed by atoms with van der Waals surface area (Å²) in [7, 11) is 0. The van der Waals surface area contributed by atoms with E-state index in [0.29, 0.717) is 30.5 Å². The molecular formula is C24H30N2O6. The van der Waals surface area contributed by atoms with Gasteiger partial charge in [0.1, 0.15) is 6.54 Å². The maximum atomic E-state index is 12.4. The van der Waals surface area contributed by atoms with Crippen molar-refractivity contribution in [2.24, 2.45) is 11.8 Å². The van der Waals surface area contributed by atoms with E-state index in [1.54, 1.807) is 24.3 Å². The Bertz CT molecular complexity index is 855. The Labute approximate surface area is 187 Å². The van der Waals surface area contributed by atoms with E-state index >= 15 is 0 Å². The Morgan fingerprint density at radius 3 is 2.22 bits per heavy atom. The molecule has 1 heterocycles. The van der Waals surface area contributed by atoms with Gasteiger partial charge in [-0.2, -0.15) is 0 Å². The van der Waals surface area contributed by atoms with E-state index < -0.39 is 24.9 Å². The molecule has 1 aliphatic carbocycles. The molecule has 2 atom stereocenters. The predicted octanol–water partition coefficient (Wildman–Crippen LogP) is 3.11. The number of ether oxygens (including phenoxy) is 1.